The highest BCUT2D eigenvalue weighted by molar-refractivity contribution is 5.33. The van der Waals surface area contributed by atoms with E-state index in [0.717, 1.165) is 5.56 Å². The van der Waals surface area contributed by atoms with Gasteiger partial charge in [-0.05, 0) is 24.1 Å². The van der Waals surface area contributed by atoms with Gasteiger partial charge in [0.15, 0.2) is 0 Å². The lowest BCUT2D eigenvalue weighted by Gasteiger charge is -2.06. The van der Waals surface area contributed by atoms with Gasteiger partial charge in [0.2, 0.25) is 0 Å². The molecule has 0 aliphatic carbocycles. The lowest BCUT2D eigenvalue weighted by Crippen LogP contribution is -1.94. The van der Waals surface area contributed by atoms with Gasteiger partial charge >= 0.3 is 0 Å². The highest BCUT2D eigenvalue weighted by Gasteiger charge is 2.03. The maximum Gasteiger partial charge on any atom is 0.0991 e. The fourth-order valence-corrected chi connectivity index (χ4v) is 1.05. The van der Waals surface area contributed by atoms with E-state index >= 15 is 0 Å². The normalized spacial score (nSPS) is 12.1. The summed E-state index contributed by atoms with van der Waals surface area (Å²) < 4.78 is 0. The van der Waals surface area contributed by atoms with E-state index in [1.54, 1.807) is 18.2 Å². The van der Waals surface area contributed by atoms with Gasteiger partial charge in [-0.15, -0.1) is 0 Å². The van der Waals surface area contributed by atoms with E-state index in [4.69, 9.17) is 5.26 Å². The summed E-state index contributed by atoms with van der Waals surface area (Å²) in [5.74, 6) is 0. The molecule has 0 heterocycles. The van der Waals surface area contributed by atoms with Gasteiger partial charge in [-0.3, -0.25) is 0 Å². The van der Waals surface area contributed by atoms with Crippen LogP contribution in [0.4, 0.5) is 0 Å². The molecule has 1 N–H and O–H groups in total. The van der Waals surface area contributed by atoms with Gasteiger partial charge in [0.1, 0.15) is 0 Å². The van der Waals surface area contributed by atoms with Crippen LogP contribution >= 0.6 is 0 Å². The number of aliphatic hydroxyl groups excluding tert-OH is 1. The average Bonchev–Trinajstić information content (AvgIpc) is 2.17. The van der Waals surface area contributed by atoms with Gasteiger partial charge in [-0.1, -0.05) is 19.1 Å². The van der Waals surface area contributed by atoms with Gasteiger partial charge < -0.3 is 5.11 Å². The van der Waals surface area contributed by atoms with E-state index < -0.39 is 6.10 Å². The van der Waals surface area contributed by atoms with Crippen molar-refractivity contribution in [3.05, 3.63) is 35.4 Å². The van der Waals surface area contributed by atoms with Crippen LogP contribution in [-0.2, 0) is 0 Å². The number of nitriles is 1. The molecule has 0 aromatic heterocycles. The minimum absolute atomic E-state index is 0.446. The van der Waals surface area contributed by atoms with E-state index in [1.807, 2.05) is 19.1 Å². The standard InChI is InChI=1S/C10H11NO/c1-2-10(12)9-5-3-4-8(6-9)7-11/h3-6,10,12H,2H2,1H3/t10-/m0/s1. The van der Waals surface area contributed by atoms with Crippen molar-refractivity contribution in [1.29, 1.82) is 5.26 Å². The Morgan fingerprint density at radius 3 is 2.92 bits per heavy atom. The maximum absolute atomic E-state index is 9.44. The number of aliphatic hydroxyl groups is 1. The summed E-state index contributed by atoms with van der Waals surface area (Å²) in [6, 6.07) is 9.09. The van der Waals surface area contributed by atoms with Gasteiger partial charge in [-0.25, -0.2) is 0 Å². The van der Waals surface area contributed by atoms with Crippen LogP contribution in [0.25, 0.3) is 0 Å². The molecule has 0 radical (unpaired) electrons. The van der Waals surface area contributed by atoms with Crippen molar-refractivity contribution in [2.75, 3.05) is 0 Å². The third-order valence-corrected chi connectivity index (χ3v) is 1.79. The van der Waals surface area contributed by atoms with Crippen LogP contribution in [0.2, 0.25) is 0 Å². The first-order valence-electron chi connectivity index (χ1n) is 3.96. The van der Waals surface area contributed by atoms with Crippen molar-refractivity contribution < 1.29 is 5.11 Å². The molecular formula is C10H11NO. The number of hydrogen-bond donors (Lipinski definition) is 1. The van der Waals surface area contributed by atoms with Crippen molar-refractivity contribution in [2.24, 2.45) is 0 Å². The number of nitrogens with zero attached hydrogens (tertiary/aromatic N) is 1. The Hall–Kier alpha value is -1.33. The van der Waals surface area contributed by atoms with Crippen LogP contribution in [0.5, 0.6) is 0 Å². The molecule has 2 nitrogen and oxygen atoms in total. The first kappa shape index (κ1) is 8.76. The van der Waals surface area contributed by atoms with E-state index in [-0.39, 0.29) is 0 Å². The zero-order chi connectivity index (χ0) is 8.97. The molecule has 0 bridgehead atoms. The minimum atomic E-state index is -0.446. The Morgan fingerprint density at radius 2 is 2.33 bits per heavy atom. The second-order valence-corrected chi connectivity index (χ2v) is 2.66. The van der Waals surface area contributed by atoms with Crippen LogP contribution in [-0.4, -0.2) is 5.11 Å². The highest BCUT2D eigenvalue weighted by atomic mass is 16.3. The fourth-order valence-electron chi connectivity index (χ4n) is 1.05. The number of hydrogen-bond acceptors (Lipinski definition) is 2. The molecule has 62 valence electrons. The lowest BCUT2D eigenvalue weighted by atomic mass is 10.1. The zero-order valence-corrected chi connectivity index (χ0v) is 6.99. The largest absolute Gasteiger partial charge is 0.388 e. The second-order valence-electron chi connectivity index (χ2n) is 2.66. The van der Waals surface area contributed by atoms with E-state index in [0.29, 0.717) is 12.0 Å². The topological polar surface area (TPSA) is 44.0 Å². The molecular weight excluding hydrogens is 150 g/mol. The molecule has 0 aliphatic heterocycles. The molecule has 0 saturated heterocycles. The Kier molecular flexibility index (Phi) is 2.84. The summed E-state index contributed by atoms with van der Waals surface area (Å²) in [4.78, 5) is 0. The summed E-state index contributed by atoms with van der Waals surface area (Å²) in [5, 5.41) is 18.0. The molecule has 12 heavy (non-hydrogen) atoms. The number of benzene rings is 1. The fraction of sp³-hybridized carbons (Fsp3) is 0.300. The second kappa shape index (κ2) is 3.89. The number of rotatable bonds is 2. The SMILES string of the molecule is CC[C@H](O)c1cccc(C#N)c1. The maximum atomic E-state index is 9.44. The van der Waals surface area contributed by atoms with Crippen LogP contribution in [0.15, 0.2) is 24.3 Å². The van der Waals surface area contributed by atoms with Crippen LogP contribution < -0.4 is 0 Å². The molecule has 0 fully saturated rings. The van der Waals surface area contributed by atoms with Gasteiger partial charge in [0, 0.05) is 0 Å². The third-order valence-electron chi connectivity index (χ3n) is 1.79. The third kappa shape index (κ3) is 1.84. The van der Waals surface area contributed by atoms with Crippen molar-refractivity contribution >= 4 is 0 Å². The first-order valence-corrected chi connectivity index (χ1v) is 3.96. The van der Waals surface area contributed by atoms with Gasteiger partial charge in [-0.2, -0.15) is 5.26 Å². The molecule has 2 heteroatoms. The van der Waals surface area contributed by atoms with Crippen LogP contribution in [0.3, 0.4) is 0 Å². The Balaban J connectivity index is 2.95. The molecule has 1 rings (SSSR count). The smallest absolute Gasteiger partial charge is 0.0991 e. The molecule has 0 amide bonds. The van der Waals surface area contributed by atoms with Crippen molar-refractivity contribution in [1.82, 2.24) is 0 Å². The monoisotopic (exact) mass is 161 g/mol. The molecule has 1 aromatic rings. The summed E-state index contributed by atoms with van der Waals surface area (Å²) in [6.45, 7) is 1.91. The highest BCUT2D eigenvalue weighted by Crippen LogP contribution is 2.16. The molecule has 1 atom stereocenters. The van der Waals surface area contributed by atoms with Gasteiger partial charge in [0.05, 0.1) is 17.7 Å². The van der Waals surface area contributed by atoms with Crippen LogP contribution in [0, 0.1) is 11.3 Å². The average molecular weight is 161 g/mol. The summed E-state index contributed by atoms with van der Waals surface area (Å²) in [5.41, 5.74) is 1.41. The van der Waals surface area contributed by atoms with E-state index in [2.05, 4.69) is 0 Å². The van der Waals surface area contributed by atoms with E-state index in [1.165, 1.54) is 0 Å². The van der Waals surface area contributed by atoms with Crippen molar-refractivity contribution in [2.45, 2.75) is 19.4 Å². The summed E-state index contributed by atoms with van der Waals surface area (Å²) in [7, 11) is 0. The lowest BCUT2D eigenvalue weighted by molar-refractivity contribution is 0.173. The Morgan fingerprint density at radius 1 is 1.58 bits per heavy atom. The van der Waals surface area contributed by atoms with Gasteiger partial charge in [0.25, 0.3) is 0 Å². The van der Waals surface area contributed by atoms with E-state index in [9.17, 15) is 5.11 Å². The Labute approximate surface area is 72.1 Å². The molecule has 0 unspecified atom stereocenters. The predicted molar refractivity (Wildman–Crippen MR) is 46.4 cm³/mol. The summed E-state index contributed by atoms with van der Waals surface area (Å²) >= 11 is 0. The van der Waals surface area contributed by atoms with Crippen molar-refractivity contribution in [3.63, 3.8) is 0 Å². The zero-order valence-electron chi connectivity index (χ0n) is 6.99. The minimum Gasteiger partial charge on any atom is -0.388 e. The molecule has 1 aromatic carbocycles. The quantitative estimate of drug-likeness (QED) is 0.721. The molecule has 0 aliphatic rings. The predicted octanol–water partition coefficient (Wildman–Crippen LogP) is 2.00. The van der Waals surface area contributed by atoms with Crippen LogP contribution in [0.1, 0.15) is 30.6 Å². The molecule has 0 spiro atoms. The van der Waals surface area contributed by atoms with Crippen molar-refractivity contribution in [3.8, 4) is 6.07 Å². The molecule has 0 saturated carbocycles. The summed E-state index contributed by atoms with van der Waals surface area (Å²) in [6.07, 6.45) is 0.229. The first-order chi connectivity index (χ1) is 5.77. The Bertz CT molecular complexity index is 301.